The van der Waals surface area contributed by atoms with Crippen LogP contribution in [-0.4, -0.2) is 39.3 Å². The summed E-state index contributed by atoms with van der Waals surface area (Å²) in [4.78, 5) is 20.0. The molecule has 1 aliphatic heterocycles. The van der Waals surface area contributed by atoms with Gasteiger partial charge >= 0.3 is 0 Å². The molecule has 190 valence electrons. The molecule has 6 heteroatoms. The number of aromatic nitrogens is 2. The zero-order chi connectivity index (χ0) is 25.7. The van der Waals surface area contributed by atoms with Gasteiger partial charge in [0.1, 0.15) is 22.8 Å². The molecule has 1 amide bonds. The van der Waals surface area contributed by atoms with E-state index in [1.807, 2.05) is 89.6 Å². The van der Waals surface area contributed by atoms with Crippen molar-refractivity contribution < 1.29 is 9.53 Å². The van der Waals surface area contributed by atoms with Gasteiger partial charge < -0.3 is 14.5 Å². The maximum absolute atomic E-state index is 13.0. The summed E-state index contributed by atoms with van der Waals surface area (Å²) in [5.41, 5.74) is 4.63. The van der Waals surface area contributed by atoms with Crippen LogP contribution in [0.2, 0.25) is 0 Å². The number of hydrogen-bond acceptors (Lipinski definition) is 4. The Kier molecular flexibility index (Phi) is 6.87. The second kappa shape index (κ2) is 10.9. The van der Waals surface area contributed by atoms with Crippen LogP contribution < -0.4 is 10.1 Å². The Balaban J connectivity index is 1.07. The molecule has 0 spiro atoms. The number of amides is 1. The average Bonchev–Trinajstić information content (AvgIpc) is 3.40. The number of nitrogens with one attached hydrogen (secondary N) is 1. The number of likely N-dealkylation sites (tertiary alicyclic amines) is 1. The summed E-state index contributed by atoms with van der Waals surface area (Å²) in [6.07, 6.45) is 5.71. The van der Waals surface area contributed by atoms with Gasteiger partial charge in [0.15, 0.2) is 0 Å². The van der Waals surface area contributed by atoms with Gasteiger partial charge in [0.05, 0.1) is 0 Å². The van der Waals surface area contributed by atoms with Crippen molar-refractivity contribution >= 4 is 11.6 Å². The van der Waals surface area contributed by atoms with Crippen LogP contribution >= 0.6 is 0 Å². The number of ether oxygens (including phenoxy) is 1. The predicted molar refractivity (Wildman–Crippen MR) is 149 cm³/mol. The number of para-hydroxylation sites is 1. The molecule has 2 aromatic heterocycles. The Hall–Kier alpha value is -4.42. The van der Waals surface area contributed by atoms with Crippen molar-refractivity contribution in [3.63, 3.8) is 0 Å². The van der Waals surface area contributed by atoms with Crippen molar-refractivity contribution in [3.8, 4) is 22.6 Å². The highest BCUT2D eigenvalue weighted by molar-refractivity contribution is 5.93. The lowest BCUT2D eigenvalue weighted by molar-refractivity contribution is 0.0904. The highest BCUT2D eigenvalue weighted by Crippen LogP contribution is 2.26. The first kappa shape index (κ1) is 23.9. The highest BCUT2D eigenvalue weighted by atomic mass is 16.5. The number of nitrogens with zero attached hydrogens (tertiary/aromatic N) is 3. The van der Waals surface area contributed by atoms with Gasteiger partial charge in [0.25, 0.3) is 5.91 Å². The molecule has 0 unspecified atom stereocenters. The van der Waals surface area contributed by atoms with E-state index in [9.17, 15) is 4.79 Å². The number of benzene rings is 3. The van der Waals surface area contributed by atoms with Crippen LogP contribution in [0.15, 0.2) is 109 Å². The molecule has 0 radical (unpaired) electrons. The molecule has 5 aromatic rings. The van der Waals surface area contributed by atoms with Crippen LogP contribution in [0.5, 0.6) is 11.5 Å². The van der Waals surface area contributed by atoms with Crippen LogP contribution in [0.4, 0.5) is 0 Å². The summed E-state index contributed by atoms with van der Waals surface area (Å²) in [7, 11) is 0. The minimum Gasteiger partial charge on any atom is -0.457 e. The van der Waals surface area contributed by atoms with Crippen molar-refractivity contribution in [2.75, 3.05) is 13.1 Å². The van der Waals surface area contributed by atoms with Gasteiger partial charge in [0, 0.05) is 38.1 Å². The molecule has 0 atom stereocenters. The van der Waals surface area contributed by atoms with E-state index in [1.54, 1.807) is 0 Å². The molecule has 38 heavy (non-hydrogen) atoms. The summed E-state index contributed by atoms with van der Waals surface area (Å²) in [5.74, 6) is 1.48. The molecule has 1 fully saturated rings. The normalized spacial score (nSPS) is 14.4. The molecule has 6 nitrogen and oxygen atoms in total. The summed E-state index contributed by atoms with van der Waals surface area (Å²) < 4.78 is 7.82. The van der Waals surface area contributed by atoms with Gasteiger partial charge in [-0.05, 0) is 65.9 Å². The fraction of sp³-hybridized carbons (Fsp3) is 0.188. The van der Waals surface area contributed by atoms with E-state index >= 15 is 0 Å². The molecule has 1 saturated heterocycles. The molecule has 0 aliphatic carbocycles. The second-order valence-electron chi connectivity index (χ2n) is 9.76. The molecule has 0 saturated carbocycles. The largest absolute Gasteiger partial charge is 0.457 e. The van der Waals surface area contributed by atoms with Crippen molar-refractivity contribution in [1.82, 2.24) is 19.6 Å². The molecular weight excluding hydrogens is 472 g/mol. The smallest absolute Gasteiger partial charge is 0.271 e. The van der Waals surface area contributed by atoms with Crippen molar-refractivity contribution in [2.45, 2.75) is 25.4 Å². The first-order valence-electron chi connectivity index (χ1n) is 13.1. The third-order valence-corrected chi connectivity index (χ3v) is 7.02. The van der Waals surface area contributed by atoms with Crippen LogP contribution in [0.25, 0.3) is 16.8 Å². The predicted octanol–water partition coefficient (Wildman–Crippen LogP) is 6.19. The lowest BCUT2D eigenvalue weighted by atomic mass is 10.0. The fourth-order valence-electron chi connectivity index (χ4n) is 4.95. The Labute approximate surface area is 222 Å². The Morgan fingerprint density at radius 3 is 2.18 bits per heavy atom. The molecule has 1 N–H and O–H groups in total. The number of fused-ring (bicyclic) bond motifs is 1. The minimum atomic E-state index is -0.112. The maximum Gasteiger partial charge on any atom is 0.271 e. The summed E-state index contributed by atoms with van der Waals surface area (Å²) in [6.45, 7) is 2.91. The van der Waals surface area contributed by atoms with Gasteiger partial charge in [-0.25, -0.2) is 4.98 Å². The molecule has 0 bridgehead atoms. The first-order valence-corrected chi connectivity index (χ1v) is 13.1. The number of rotatable bonds is 7. The quantitative estimate of drug-likeness (QED) is 0.288. The van der Waals surface area contributed by atoms with Crippen LogP contribution in [0.3, 0.4) is 0 Å². The fourth-order valence-corrected chi connectivity index (χ4v) is 4.95. The number of carbonyl (C=O) groups excluding carboxylic acids is 1. The number of imidazole rings is 1. The van der Waals surface area contributed by atoms with E-state index in [0.717, 1.165) is 60.7 Å². The van der Waals surface area contributed by atoms with Crippen molar-refractivity contribution in [2.24, 2.45) is 0 Å². The highest BCUT2D eigenvalue weighted by Gasteiger charge is 2.22. The van der Waals surface area contributed by atoms with E-state index in [0.29, 0.717) is 5.69 Å². The average molecular weight is 503 g/mol. The Bertz CT molecular complexity index is 1510. The Morgan fingerprint density at radius 2 is 1.45 bits per heavy atom. The topological polar surface area (TPSA) is 58.9 Å². The molecular formula is C32H30N4O2. The van der Waals surface area contributed by atoms with E-state index in [-0.39, 0.29) is 11.9 Å². The van der Waals surface area contributed by atoms with E-state index < -0.39 is 0 Å². The Morgan fingerprint density at radius 1 is 0.789 bits per heavy atom. The lowest BCUT2D eigenvalue weighted by Crippen LogP contribution is -2.44. The van der Waals surface area contributed by atoms with Crippen LogP contribution in [0.1, 0.15) is 28.9 Å². The summed E-state index contributed by atoms with van der Waals surface area (Å²) >= 11 is 0. The van der Waals surface area contributed by atoms with Crippen LogP contribution in [-0.2, 0) is 6.54 Å². The molecule has 3 aromatic carbocycles. The van der Waals surface area contributed by atoms with Gasteiger partial charge in [-0.1, -0.05) is 60.7 Å². The number of hydrogen-bond donors (Lipinski definition) is 1. The monoisotopic (exact) mass is 502 g/mol. The van der Waals surface area contributed by atoms with Gasteiger partial charge in [-0.15, -0.1) is 0 Å². The van der Waals surface area contributed by atoms with Crippen LogP contribution in [0, 0.1) is 0 Å². The minimum absolute atomic E-state index is 0.112. The van der Waals surface area contributed by atoms with Gasteiger partial charge in [0.2, 0.25) is 0 Å². The first-order chi connectivity index (χ1) is 18.7. The SMILES string of the molecule is O=C(NC1CCN(Cc2ccccc2)CC1)c1cn2cc(-c3ccc(Oc4ccccc4)cc3)ccc2n1. The van der Waals surface area contributed by atoms with E-state index in [1.165, 1.54) is 5.56 Å². The second-order valence-corrected chi connectivity index (χ2v) is 9.76. The van der Waals surface area contributed by atoms with Gasteiger partial charge in [-0.3, -0.25) is 9.69 Å². The maximum atomic E-state index is 13.0. The third kappa shape index (κ3) is 5.61. The number of pyridine rings is 1. The summed E-state index contributed by atoms with van der Waals surface area (Å²) in [5, 5.41) is 3.20. The standard InChI is InChI=1S/C32H30N4O2/c37-32(33-27-17-19-35(20-18-27)21-24-7-3-1-4-8-24)30-23-36-22-26(13-16-31(36)34-30)25-11-14-29(15-12-25)38-28-9-5-2-6-10-28/h1-16,22-23,27H,17-21H2,(H,33,37). The number of carbonyl (C=O) groups is 1. The number of piperidine rings is 1. The lowest BCUT2D eigenvalue weighted by Gasteiger charge is -2.32. The summed E-state index contributed by atoms with van der Waals surface area (Å²) in [6, 6.07) is 32.4. The molecule has 1 aliphatic rings. The molecule has 6 rings (SSSR count). The van der Waals surface area contributed by atoms with Gasteiger partial charge in [-0.2, -0.15) is 0 Å². The van der Waals surface area contributed by atoms with Crippen molar-refractivity contribution in [1.29, 1.82) is 0 Å². The van der Waals surface area contributed by atoms with Crippen molar-refractivity contribution in [3.05, 3.63) is 121 Å². The molecule has 3 heterocycles. The van der Waals surface area contributed by atoms with E-state index in [4.69, 9.17) is 4.74 Å². The zero-order valence-electron chi connectivity index (χ0n) is 21.2. The zero-order valence-corrected chi connectivity index (χ0v) is 21.2. The van der Waals surface area contributed by atoms with E-state index in [2.05, 4.69) is 39.5 Å². The third-order valence-electron chi connectivity index (χ3n) is 7.02.